The van der Waals surface area contributed by atoms with E-state index in [9.17, 15) is 4.79 Å². The third kappa shape index (κ3) is 4.05. The number of benzene rings is 2. The van der Waals surface area contributed by atoms with Gasteiger partial charge in [-0.05, 0) is 72.7 Å². The molecule has 1 atom stereocenters. The van der Waals surface area contributed by atoms with Gasteiger partial charge in [-0.15, -0.1) is 5.10 Å². The molecule has 0 saturated heterocycles. The normalized spacial score (nSPS) is 12.0. The lowest BCUT2D eigenvalue weighted by atomic mass is 10.1. The summed E-state index contributed by atoms with van der Waals surface area (Å²) in [6, 6.07) is 12.9. The van der Waals surface area contributed by atoms with Crippen LogP contribution in [0.15, 0.2) is 47.6 Å². The Hall–Kier alpha value is -2.38. The minimum absolute atomic E-state index is 0.132. The van der Waals surface area contributed by atoms with Gasteiger partial charge < -0.3 is 5.32 Å². The summed E-state index contributed by atoms with van der Waals surface area (Å²) in [5.74, 6) is -0.132. The van der Waals surface area contributed by atoms with Gasteiger partial charge in [0, 0.05) is 10.7 Å². The van der Waals surface area contributed by atoms with E-state index in [0.717, 1.165) is 16.8 Å². The molecule has 8 heteroatoms. The lowest BCUT2D eigenvalue weighted by molar-refractivity contribution is -0.115. The number of hydrogen-bond acceptors (Lipinski definition) is 5. The van der Waals surface area contributed by atoms with Gasteiger partial charge in [0.05, 0.1) is 10.9 Å². The quantitative estimate of drug-likeness (QED) is 0.668. The number of amides is 1. The Morgan fingerprint density at radius 3 is 2.65 bits per heavy atom. The molecule has 3 rings (SSSR count). The molecule has 6 nitrogen and oxygen atoms in total. The highest BCUT2D eigenvalue weighted by atomic mass is 35.5. The summed E-state index contributed by atoms with van der Waals surface area (Å²) in [7, 11) is 0. The van der Waals surface area contributed by atoms with Crippen LogP contribution in [-0.2, 0) is 4.79 Å². The number of carbonyl (C=O) groups excluding carboxylic acids is 1. The largest absolute Gasteiger partial charge is 0.325 e. The number of carbonyl (C=O) groups is 1. The Labute approximate surface area is 160 Å². The zero-order chi connectivity index (χ0) is 18.7. The van der Waals surface area contributed by atoms with Crippen LogP contribution in [0.1, 0.15) is 18.1 Å². The van der Waals surface area contributed by atoms with E-state index in [4.69, 9.17) is 11.6 Å². The highest BCUT2D eigenvalue weighted by molar-refractivity contribution is 8.00. The highest BCUT2D eigenvalue weighted by Gasteiger charge is 2.20. The van der Waals surface area contributed by atoms with Crippen molar-refractivity contribution in [1.29, 1.82) is 0 Å². The van der Waals surface area contributed by atoms with Crippen LogP contribution >= 0.6 is 23.4 Å². The Morgan fingerprint density at radius 1 is 1.19 bits per heavy atom. The summed E-state index contributed by atoms with van der Waals surface area (Å²) in [5.41, 5.74) is 3.85. The standard InChI is InChI=1S/C18H18ClN5OS/c1-11-5-4-6-16(12(11)2)24-18(21-22-23-24)26-13(3)17(25)20-15-9-7-14(19)8-10-15/h4-10,13H,1-3H3,(H,20,25). The molecular weight excluding hydrogens is 370 g/mol. The predicted octanol–water partition coefficient (Wildman–Crippen LogP) is 4.05. The van der Waals surface area contributed by atoms with Crippen LogP contribution in [0, 0.1) is 13.8 Å². The van der Waals surface area contributed by atoms with Crippen LogP contribution in [0.3, 0.4) is 0 Å². The zero-order valence-corrected chi connectivity index (χ0v) is 16.2. The van der Waals surface area contributed by atoms with Crippen molar-refractivity contribution in [2.24, 2.45) is 0 Å². The van der Waals surface area contributed by atoms with Crippen molar-refractivity contribution in [1.82, 2.24) is 20.2 Å². The van der Waals surface area contributed by atoms with E-state index in [1.165, 1.54) is 11.8 Å². The molecule has 3 aromatic rings. The van der Waals surface area contributed by atoms with Crippen molar-refractivity contribution < 1.29 is 4.79 Å². The first-order chi connectivity index (χ1) is 12.5. The fourth-order valence-electron chi connectivity index (χ4n) is 2.36. The molecule has 2 aromatic carbocycles. The van der Waals surface area contributed by atoms with Gasteiger partial charge in [-0.1, -0.05) is 35.5 Å². The number of aryl methyl sites for hydroxylation is 1. The van der Waals surface area contributed by atoms with Gasteiger partial charge >= 0.3 is 0 Å². The number of tetrazole rings is 1. The summed E-state index contributed by atoms with van der Waals surface area (Å²) < 4.78 is 1.67. The Balaban J connectivity index is 1.75. The van der Waals surface area contributed by atoms with Gasteiger partial charge in [-0.2, -0.15) is 4.68 Å². The van der Waals surface area contributed by atoms with Crippen molar-refractivity contribution in [3.05, 3.63) is 58.6 Å². The van der Waals surface area contributed by atoms with Gasteiger partial charge in [-0.25, -0.2) is 0 Å². The molecule has 1 heterocycles. The lowest BCUT2D eigenvalue weighted by Gasteiger charge is -2.13. The van der Waals surface area contributed by atoms with E-state index < -0.39 is 0 Å². The molecule has 26 heavy (non-hydrogen) atoms. The Kier molecular flexibility index (Phi) is 5.58. The molecule has 1 amide bonds. The van der Waals surface area contributed by atoms with Gasteiger partial charge in [0.25, 0.3) is 0 Å². The van der Waals surface area contributed by atoms with Crippen molar-refractivity contribution >= 4 is 35.0 Å². The van der Waals surface area contributed by atoms with Crippen LogP contribution in [0.25, 0.3) is 5.69 Å². The second-order valence-corrected chi connectivity index (χ2v) is 7.59. The van der Waals surface area contributed by atoms with Crippen LogP contribution in [0.2, 0.25) is 5.02 Å². The number of nitrogens with one attached hydrogen (secondary N) is 1. The first-order valence-corrected chi connectivity index (χ1v) is 9.29. The van der Waals surface area contributed by atoms with Crippen molar-refractivity contribution in [2.75, 3.05) is 5.32 Å². The summed E-state index contributed by atoms with van der Waals surface area (Å²) in [6.45, 7) is 5.88. The minimum atomic E-state index is -0.374. The molecule has 1 N–H and O–H groups in total. The molecule has 0 fully saturated rings. The minimum Gasteiger partial charge on any atom is -0.325 e. The number of rotatable bonds is 5. The summed E-state index contributed by atoms with van der Waals surface area (Å²) in [4.78, 5) is 12.4. The van der Waals surface area contributed by atoms with Gasteiger partial charge in [-0.3, -0.25) is 4.79 Å². The van der Waals surface area contributed by atoms with Crippen LogP contribution in [0.5, 0.6) is 0 Å². The smallest absolute Gasteiger partial charge is 0.237 e. The SMILES string of the molecule is Cc1cccc(-n2nnnc2SC(C)C(=O)Nc2ccc(Cl)cc2)c1C. The number of hydrogen-bond donors (Lipinski definition) is 1. The number of aromatic nitrogens is 4. The summed E-state index contributed by atoms with van der Waals surface area (Å²) in [5, 5.41) is 15.6. The lowest BCUT2D eigenvalue weighted by Crippen LogP contribution is -2.23. The number of halogens is 1. The highest BCUT2D eigenvalue weighted by Crippen LogP contribution is 2.26. The predicted molar refractivity (Wildman–Crippen MR) is 104 cm³/mol. The number of nitrogens with zero attached hydrogens (tertiary/aromatic N) is 4. The fourth-order valence-corrected chi connectivity index (χ4v) is 3.28. The molecule has 0 spiro atoms. The second-order valence-electron chi connectivity index (χ2n) is 5.85. The maximum Gasteiger partial charge on any atom is 0.237 e. The number of thioether (sulfide) groups is 1. The molecule has 0 bridgehead atoms. The van der Waals surface area contributed by atoms with Gasteiger partial charge in [0.15, 0.2) is 0 Å². The molecule has 0 aliphatic heterocycles. The van der Waals surface area contributed by atoms with Crippen LogP contribution in [-0.4, -0.2) is 31.4 Å². The Bertz CT molecular complexity index is 926. The van der Waals surface area contributed by atoms with E-state index in [0.29, 0.717) is 15.9 Å². The molecule has 1 aromatic heterocycles. The zero-order valence-electron chi connectivity index (χ0n) is 14.6. The van der Waals surface area contributed by atoms with Crippen LogP contribution < -0.4 is 5.32 Å². The summed E-state index contributed by atoms with van der Waals surface area (Å²) in [6.07, 6.45) is 0. The molecule has 0 aliphatic rings. The maximum absolute atomic E-state index is 12.4. The monoisotopic (exact) mass is 387 g/mol. The van der Waals surface area contributed by atoms with E-state index in [2.05, 4.69) is 20.8 Å². The first kappa shape index (κ1) is 18.4. The van der Waals surface area contributed by atoms with Crippen LogP contribution in [0.4, 0.5) is 5.69 Å². The van der Waals surface area contributed by atoms with Crippen molar-refractivity contribution in [3.8, 4) is 5.69 Å². The molecule has 134 valence electrons. The molecule has 1 unspecified atom stereocenters. The third-order valence-corrected chi connectivity index (χ3v) is 5.29. The maximum atomic E-state index is 12.4. The molecule has 0 aliphatic carbocycles. The van der Waals surface area contributed by atoms with E-state index in [1.54, 1.807) is 28.9 Å². The van der Waals surface area contributed by atoms with Crippen molar-refractivity contribution in [3.63, 3.8) is 0 Å². The van der Waals surface area contributed by atoms with E-state index >= 15 is 0 Å². The Morgan fingerprint density at radius 2 is 1.92 bits per heavy atom. The second kappa shape index (κ2) is 7.88. The van der Waals surface area contributed by atoms with E-state index in [-0.39, 0.29) is 11.2 Å². The van der Waals surface area contributed by atoms with Crippen molar-refractivity contribution in [2.45, 2.75) is 31.2 Å². The first-order valence-electron chi connectivity index (χ1n) is 8.04. The van der Waals surface area contributed by atoms with E-state index in [1.807, 2.05) is 39.0 Å². The molecular formula is C18H18ClN5OS. The average molecular weight is 388 g/mol. The molecule has 0 radical (unpaired) electrons. The average Bonchev–Trinajstić information content (AvgIpc) is 3.07. The summed E-state index contributed by atoms with van der Waals surface area (Å²) >= 11 is 7.17. The molecule has 0 saturated carbocycles. The van der Waals surface area contributed by atoms with Gasteiger partial charge in [0.1, 0.15) is 0 Å². The fraction of sp³-hybridized carbons (Fsp3) is 0.222. The van der Waals surface area contributed by atoms with Gasteiger partial charge in [0.2, 0.25) is 11.1 Å². The number of anilines is 1. The topological polar surface area (TPSA) is 72.7 Å². The third-order valence-electron chi connectivity index (χ3n) is 4.01.